The molecule has 25 heavy (non-hydrogen) atoms. The Hall–Kier alpha value is -2.40. The van der Waals surface area contributed by atoms with Crippen molar-refractivity contribution in [3.05, 3.63) is 71.4 Å². The molecule has 0 fully saturated rings. The molecule has 4 nitrogen and oxygen atoms in total. The Morgan fingerprint density at radius 1 is 1.04 bits per heavy atom. The van der Waals surface area contributed by atoms with Crippen molar-refractivity contribution in [2.75, 3.05) is 11.9 Å². The Morgan fingerprint density at radius 2 is 1.68 bits per heavy atom. The molecule has 0 N–H and O–H groups in total. The van der Waals surface area contributed by atoms with Crippen LogP contribution in [0, 0.1) is 6.92 Å². The zero-order valence-electron chi connectivity index (χ0n) is 14.9. The van der Waals surface area contributed by atoms with Gasteiger partial charge in [0, 0.05) is 30.1 Å². The number of hydrogen-bond donors (Lipinski definition) is 0. The van der Waals surface area contributed by atoms with Crippen LogP contribution in [0.25, 0.3) is 0 Å². The standard InChI is InChI=1S/C20H22N2O2S/c1-15-9-11-16(12-10-15)25(23,24)21-14-13-19-20(2,3)17-7-5-6-8-18(17)22(19)4/h5-14H,1-4H3/b19-13+,21-14+. The second kappa shape index (κ2) is 6.15. The first-order valence-electron chi connectivity index (χ1n) is 8.14. The van der Waals surface area contributed by atoms with E-state index in [9.17, 15) is 8.42 Å². The summed E-state index contributed by atoms with van der Waals surface area (Å²) in [6.07, 6.45) is 3.17. The molecule has 3 rings (SSSR count). The summed E-state index contributed by atoms with van der Waals surface area (Å²) >= 11 is 0. The fourth-order valence-corrected chi connectivity index (χ4v) is 4.08. The van der Waals surface area contributed by atoms with Crippen LogP contribution in [0.4, 0.5) is 5.69 Å². The summed E-state index contributed by atoms with van der Waals surface area (Å²) < 4.78 is 28.5. The highest BCUT2D eigenvalue weighted by Crippen LogP contribution is 2.46. The van der Waals surface area contributed by atoms with Crippen LogP contribution < -0.4 is 4.90 Å². The zero-order chi connectivity index (χ0) is 18.2. The first-order valence-corrected chi connectivity index (χ1v) is 9.58. The van der Waals surface area contributed by atoms with E-state index in [0.717, 1.165) is 16.9 Å². The van der Waals surface area contributed by atoms with Crippen molar-refractivity contribution in [1.29, 1.82) is 0 Å². The maximum atomic E-state index is 12.3. The molecule has 0 bridgehead atoms. The van der Waals surface area contributed by atoms with Gasteiger partial charge in [-0.05, 0) is 36.8 Å². The van der Waals surface area contributed by atoms with Gasteiger partial charge in [-0.25, -0.2) is 0 Å². The molecule has 0 atom stereocenters. The molecule has 0 amide bonds. The Bertz CT molecular complexity index is 955. The summed E-state index contributed by atoms with van der Waals surface area (Å²) in [6, 6.07) is 14.9. The highest BCUT2D eigenvalue weighted by molar-refractivity contribution is 7.90. The number of hydrogen-bond acceptors (Lipinski definition) is 3. The van der Waals surface area contributed by atoms with Gasteiger partial charge >= 0.3 is 0 Å². The van der Waals surface area contributed by atoms with Gasteiger partial charge in [-0.15, -0.1) is 0 Å². The first-order chi connectivity index (χ1) is 11.7. The highest BCUT2D eigenvalue weighted by atomic mass is 32.2. The van der Waals surface area contributed by atoms with Gasteiger partial charge in [0.25, 0.3) is 10.0 Å². The predicted octanol–water partition coefficient (Wildman–Crippen LogP) is 4.07. The fraction of sp³-hybridized carbons (Fsp3) is 0.250. The SMILES string of the molecule is Cc1ccc(S(=O)(=O)/N=C/C=C2/N(C)c3ccccc3C2(C)C)cc1. The molecule has 130 valence electrons. The zero-order valence-corrected chi connectivity index (χ0v) is 15.7. The van der Waals surface area contributed by atoms with E-state index in [4.69, 9.17) is 0 Å². The third kappa shape index (κ3) is 3.12. The van der Waals surface area contributed by atoms with E-state index >= 15 is 0 Å². The van der Waals surface area contributed by atoms with Crippen molar-refractivity contribution < 1.29 is 8.42 Å². The van der Waals surface area contributed by atoms with Crippen molar-refractivity contribution in [2.24, 2.45) is 4.40 Å². The van der Waals surface area contributed by atoms with Crippen molar-refractivity contribution >= 4 is 21.9 Å². The number of fused-ring (bicyclic) bond motifs is 1. The molecule has 0 spiro atoms. The Morgan fingerprint density at radius 3 is 2.32 bits per heavy atom. The minimum atomic E-state index is -3.68. The summed E-state index contributed by atoms with van der Waals surface area (Å²) in [4.78, 5) is 2.29. The Balaban J connectivity index is 1.92. The smallest absolute Gasteiger partial charge is 0.282 e. The number of likely N-dealkylation sites (N-methyl/N-ethyl adjacent to an activating group) is 1. The molecule has 1 heterocycles. The molecule has 2 aromatic carbocycles. The predicted molar refractivity (Wildman–Crippen MR) is 103 cm³/mol. The lowest BCUT2D eigenvalue weighted by Crippen LogP contribution is -2.23. The van der Waals surface area contributed by atoms with Gasteiger partial charge in [-0.2, -0.15) is 12.8 Å². The van der Waals surface area contributed by atoms with Crippen LogP contribution >= 0.6 is 0 Å². The molecule has 0 saturated carbocycles. The summed E-state index contributed by atoms with van der Waals surface area (Å²) in [6.45, 7) is 6.17. The number of allylic oxidation sites excluding steroid dienone is 2. The second-order valence-corrected chi connectivity index (χ2v) is 8.43. The van der Waals surface area contributed by atoms with E-state index in [2.05, 4.69) is 35.3 Å². The third-order valence-electron chi connectivity index (χ3n) is 4.69. The summed E-state index contributed by atoms with van der Waals surface area (Å²) in [5.74, 6) is 0. The fourth-order valence-electron chi connectivity index (χ4n) is 3.25. The summed E-state index contributed by atoms with van der Waals surface area (Å²) in [7, 11) is -1.70. The van der Waals surface area contributed by atoms with Crippen LogP contribution in [0.15, 0.2) is 69.6 Å². The lowest BCUT2D eigenvalue weighted by molar-refractivity contribution is 0.598. The average Bonchev–Trinajstić information content (AvgIpc) is 2.76. The number of para-hydroxylation sites is 1. The number of benzene rings is 2. The van der Waals surface area contributed by atoms with E-state index in [0.29, 0.717) is 0 Å². The Kier molecular flexibility index (Phi) is 4.29. The van der Waals surface area contributed by atoms with E-state index in [-0.39, 0.29) is 10.3 Å². The average molecular weight is 354 g/mol. The Labute approximate surface area is 149 Å². The quantitative estimate of drug-likeness (QED) is 0.781. The van der Waals surface area contributed by atoms with Gasteiger partial charge in [0.15, 0.2) is 0 Å². The maximum Gasteiger partial charge on any atom is 0.282 e. The molecule has 0 aliphatic carbocycles. The van der Waals surface area contributed by atoms with Crippen LogP contribution in [0.2, 0.25) is 0 Å². The van der Waals surface area contributed by atoms with Gasteiger partial charge in [-0.1, -0.05) is 49.7 Å². The van der Waals surface area contributed by atoms with Crippen LogP contribution in [0.3, 0.4) is 0 Å². The number of aryl methyl sites for hydroxylation is 1. The van der Waals surface area contributed by atoms with E-state index in [1.165, 1.54) is 11.8 Å². The largest absolute Gasteiger partial charge is 0.347 e. The molecule has 1 aliphatic rings. The van der Waals surface area contributed by atoms with Crippen LogP contribution in [0.5, 0.6) is 0 Å². The molecule has 0 aromatic heterocycles. The van der Waals surface area contributed by atoms with Gasteiger partial charge in [0.2, 0.25) is 0 Å². The molecular weight excluding hydrogens is 332 g/mol. The number of anilines is 1. The minimum Gasteiger partial charge on any atom is -0.347 e. The van der Waals surface area contributed by atoms with Gasteiger partial charge in [-0.3, -0.25) is 0 Å². The minimum absolute atomic E-state index is 0.203. The third-order valence-corrected chi connectivity index (χ3v) is 5.96. The van der Waals surface area contributed by atoms with E-state index in [1.807, 2.05) is 26.1 Å². The molecule has 0 saturated heterocycles. The summed E-state index contributed by atoms with van der Waals surface area (Å²) in [5, 5.41) is 0. The summed E-state index contributed by atoms with van der Waals surface area (Å²) in [5.41, 5.74) is 4.17. The molecule has 0 radical (unpaired) electrons. The number of rotatable bonds is 3. The van der Waals surface area contributed by atoms with Gasteiger partial charge in [0.05, 0.1) is 4.90 Å². The normalized spacial score (nSPS) is 18.1. The molecule has 1 aliphatic heterocycles. The molecule has 5 heteroatoms. The number of sulfonamides is 1. The number of nitrogens with zero attached hydrogens (tertiary/aromatic N) is 2. The van der Waals surface area contributed by atoms with Crippen molar-refractivity contribution in [3.63, 3.8) is 0 Å². The highest BCUT2D eigenvalue weighted by Gasteiger charge is 2.37. The maximum absolute atomic E-state index is 12.3. The molecular formula is C20H22N2O2S. The van der Waals surface area contributed by atoms with Gasteiger partial charge in [0.1, 0.15) is 0 Å². The second-order valence-electron chi connectivity index (χ2n) is 6.80. The lowest BCUT2D eigenvalue weighted by atomic mass is 9.84. The van der Waals surface area contributed by atoms with Crippen LogP contribution in [-0.4, -0.2) is 21.7 Å². The van der Waals surface area contributed by atoms with E-state index < -0.39 is 10.0 Å². The van der Waals surface area contributed by atoms with Crippen molar-refractivity contribution in [2.45, 2.75) is 31.1 Å². The first kappa shape index (κ1) is 17.4. The van der Waals surface area contributed by atoms with E-state index in [1.54, 1.807) is 30.3 Å². The molecule has 0 unspecified atom stereocenters. The van der Waals surface area contributed by atoms with Crippen LogP contribution in [0.1, 0.15) is 25.0 Å². The van der Waals surface area contributed by atoms with Crippen molar-refractivity contribution in [3.8, 4) is 0 Å². The van der Waals surface area contributed by atoms with Gasteiger partial charge < -0.3 is 4.90 Å². The topological polar surface area (TPSA) is 49.7 Å². The van der Waals surface area contributed by atoms with Crippen molar-refractivity contribution in [1.82, 2.24) is 0 Å². The monoisotopic (exact) mass is 354 g/mol. The lowest BCUT2D eigenvalue weighted by Gasteiger charge is -2.23. The molecule has 2 aromatic rings. The van der Waals surface area contributed by atoms with Crippen LogP contribution in [-0.2, 0) is 15.4 Å².